The minimum Gasteiger partial charge on any atom is -0.337 e. The second-order valence-electron chi connectivity index (χ2n) is 5.67. The van der Waals surface area contributed by atoms with Crippen molar-refractivity contribution in [2.45, 2.75) is 13.5 Å². The van der Waals surface area contributed by atoms with Crippen LogP contribution in [0.5, 0.6) is 0 Å². The van der Waals surface area contributed by atoms with Crippen molar-refractivity contribution in [2.24, 2.45) is 0 Å². The summed E-state index contributed by atoms with van der Waals surface area (Å²) in [5.74, 6) is 0. The molecule has 2 aromatic carbocycles. The smallest absolute Gasteiger partial charge is 0.0510 e. The van der Waals surface area contributed by atoms with Crippen LogP contribution < -0.4 is 0 Å². The van der Waals surface area contributed by atoms with Crippen molar-refractivity contribution in [1.29, 1.82) is 0 Å². The molecular weight excluding hydrogens is 280 g/mol. The van der Waals surface area contributed by atoms with Gasteiger partial charge >= 0.3 is 0 Å². The molecule has 4 aromatic rings. The summed E-state index contributed by atoms with van der Waals surface area (Å²) in [7, 11) is 0. The third-order valence-corrected chi connectivity index (χ3v) is 4.29. The van der Waals surface area contributed by atoms with Crippen LogP contribution in [-0.2, 0) is 6.54 Å². The highest BCUT2D eigenvalue weighted by atomic mass is 15.0. The minimum absolute atomic E-state index is 0.864. The lowest BCUT2D eigenvalue weighted by Gasteiger charge is -2.08. The first-order valence-electron chi connectivity index (χ1n) is 7.91. The van der Waals surface area contributed by atoms with Gasteiger partial charge in [-0.25, -0.2) is 0 Å². The monoisotopic (exact) mass is 298 g/mol. The average molecular weight is 298 g/mol. The maximum Gasteiger partial charge on any atom is 0.0510 e. The topological polar surface area (TPSA) is 17.8 Å². The van der Waals surface area contributed by atoms with E-state index in [0.717, 1.165) is 12.1 Å². The van der Waals surface area contributed by atoms with Crippen molar-refractivity contribution in [2.75, 3.05) is 0 Å². The third-order valence-electron chi connectivity index (χ3n) is 4.29. The Morgan fingerprint density at radius 3 is 2.74 bits per heavy atom. The molecule has 0 unspecified atom stereocenters. The molecule has 2 heteroatoms. The number of benzene rings is 2. The van der Waals surface area contributed by atoms with Crippen molar-refractivity contribution in [1.82, 2.24) is 9.55 Å². The molecule has 0 aliphatic rings. The highest BCUT2D eigenvalue weighted by molar-refractivity contribution is 6.08. The zero-order chi connectivity index (χ0) is 15.6. The van der Waals surface area contributed by atoms with Gasteiger partial charge in [-0.2, -0.15) is 0 Å². The highest BCUT2D eigenvalue weighted by Crippen LogP contribution is 2.32. The molecule has 0 aliphatic heterocycles. The molecule has 0 fully saturated rings. The zero-order valence-electron chi connectivity index (χ0n) is 13.1. The van der Waals surface area contributed by atoms with Crippen molar-refractivity contribution in [3.05, 3.63) is 79.1 Å². The fourth-order valence-corrected chi connectivity index (χ4v) is 3.18. The molecule has 0 saturated heterocycles. The number of fused-ring (bicyclic) bond motifs is 3. The number of allylic oxidation sites excluding steroid dienone is 2. The van der Waals surface area contributed by atoms with Gasteiger partial charge in [0, 0.05) is 35.4 Å². The number of rotatable bonds is 3. The van der Waals surface area contributed by atoms with E-state index >= 15 is 0 Å². The van der Waals surface area contributed by atoms with E-state index in [1.165, 1.54) is 27.4 Å². The van der Waals surface area contributed by atoms with Crippen LogP contribution in [0.3, 0.4) is 0 Å². The third kappa shape index (κ3) is 2.33. The number of pyridine rings is 1. The number of aromatic nitrogens is 2. The lowest BCUT2D eigenvalue weighted by atomic mass is 10.1. The Bertz CT molecular complexity index is 994. The van der Waals surface area contributed by atoms with Gasteiger partial charge in [-0.15, -0.1) is 0 Å². The summed E-state index contributed by atoms with van der Waals surface area (Å²) in [6, 6.07) is 19.4. The average Bonchev–Trinajstić information content (AvgIpc) is 2.99. The van der Waals surface area contributed by atoms with Crippen LogP contribution in [0.15, 0.2) is 79.1 Å². The summed E-state index contributed by atoms with van der Waals surface area (Å²) >= 11 is 0. The predicted molar refractivity (Wildman–Crippen MR) is 97.5 cm³/mol. The van der Waals surface area contributed by atoms with Gasteiger partial charge < -0.3 is 4.57 Å². The van der Waals surface area contributed by atoms with E-state index in [1.807, 2.05) is 18.5 Å². The molecule has 0 amide bonds. The summed E-state index contributed by atoms with van der Waals surface area (Å²) in [6.45, 7) is 2.92. The fraction of sp³-hybridized carbons (Fsp3) is 0.0952. The van der Waals surface area contributed by atoms with Crippen LogP contribution in [0.2, 0.25) is 0 Å². The molecule has 0 N–H and O–H groups in total. The van der Waals surface area contributed by atoms with Gasteiger partial charge in [0.2, 0.25) is 0 Å². The number of nitrogens with zero attached hydrogens (tertiary/aromatic N) is 2. The second-order valence-corrected chi connectivity index (χ2v) is 5.67. The molecule has 2 nitrogen and oxygen atoms in total. The second kappa shape index (κ2) is 5.73. The SMILES string of the molecule is C/C=C/Cn1c(-c2cccnc2)cc2c3ccccc3ccc21. The summed E-state index contributed by atoms with van der Waals surface area (Å²) in [4.78, 5) is 4.28. The Labute approximate surface area is 135 Å². The number of hydrogen-bond donors (Lipinski definition) is 0. The fourth-order valence-electron chi connectivity index (χ4n) is 3.18. The van der Waals surface area contributed by atoms with Crippen LogP contribution in [-0.4, -0.2) is 9.55 Å². The molecule has 112 valence electrons. The van der Waals surface area contributed by atoms with Crippen molar-refractivity contribution < 1.29 is 0 Å². The summed E-state index contributed by atoms with van der Waals surface area (Å²) in [5.41, 5.74) is 3.63. The van der Waals surface area contributed by atoms with Gasteiger partial charge in [0.05, 0.1) is 5.69 Å². The lowest BCUT2D eigenvalue weighted by molar-refractivity contribution is 0.870. The Kier molecular flexibility index (Phi) is 3.43. The first-order valence-corrected chi connectivity index (χ1v) is 7.91. The lowest BCUT2D eigenvalue weighted by Crippen LogP contribution is -1.97. The van der Waals surface area contributed by atoms with Gasteiger partial charge in [0.25, 0.3) is 0 Å². The van der Waals surface area contributed by atoms with E-state index in [9.17, 15) is 0 Å². The zero-order valence-corrected chi connectivity index (χ0v) is 13.1. The van der Waals surface area contributed by atoms with Gasteiger partial charge in [-0.3, -0.25) is 4.98 Å². The molecule has 0 radical (unpaired) electrons. The van der Waals surface area contributed by atoms with E-state index in [2.05, 4.69) is 77.2 Å². The Morgan fingerprint density at radius 1 is 1.00 bits per heavy atom. The standard InChI is InChI=1S/C21H18N2/c1-2-3-13-23-20-11-10-16-7-4-5-9-18(16)19(20)14-21(23)17-8-6-12-22-15-17/h2-12,14-15H,13H2,1H3/b3-2+. The number of hydrogen-bond acceptors (Lipinski definition) is 1. The van der Waals surface area contributed by atoms with Gasteiger partial charge in [0.15, 0.2) is 0 Å². The summed E-state index contributed by atoms with van der Waals surface area (Å²) < 4.78 is 2.36. The van der Waals surface area contributed by atoms with Crippen LogP contribution >= 0.6 is 0 Å². The van der Waals surface area contributed by atoms with Crippen LogP contribution in [0.4, 0.5) is 0 Å². The molecule has 2 heterocycles. The van der Waals surface area contributed by atoms with E-state index in [0.29, 0.717) is 0 Å². The van der Waals surface area contributed by atoms with Gasteiger partial charge in [-0.1, -0.05) is 42.5 Å². The molecule has 0 saturated carbocycles. The highest BCUT2D eigenvalue weighted by Gasteiger charge is 2.12. The quantitative estimate of drug-likeness (QED) is 0.461. The van der Waals surface area contributed by atoms with Crippen LogP contribution in [0, 0.1) is 0 Å². The van der Waals surface area contributed by atoms with Crippen molar-refractivity contribution in [3.8, 4) is 11.3 Å². The minimum atomic E-state index is 0.864. The molecule has 0 bridgehead atoms. The maximum atomic E-state index is 4.28. The molecule has 4 rings (SSSR count). The summed E-state index contributed by atoms with van der Waals surface area (Å²) in [5, 5.41) is 3.88. The first kappa shape index (κ1) is 13.8. The molecular formula is C21H18N2. The largest absolute Gasteiger partial charge is 0.337 e. The normalized spacial score (nSPS) is 11.7. The molecule has 0 atom stereocenters. The van der Waals surface area contributed by atoms with E-state index in [4.69, 9.17) is 0 Å². The van der Waals surface area contributed by atoms with Crippen molar-refractivity contribution in [3.63, 3.8) is 0 Å². The molecule has 23 heavy (non-hydrogen) atoms. The predicted octanol–water partition coefficient (Wildman–Crippen LogP) is 5.43. The summed E-state index contributed by atoms with van der Waals surface area (Å²) in [6.07, 6.45) is 8.04. The van der Waals surface area contributed by atoms with Gasteiger partial charge in [-0.05, 0) is 42.0 Å². The van der Waals surface area contributed by atoms with Gasteiger partial charge in [0.1, 0.15) is 0 Å². The van der Waals surface area contributed by atoms with Crippen molar-refractivity contribution >= 4 is 21.7 Å². The molecule has 0 aliphatic carbocycles. The Balaban J connectivity index is 2.06. The maximum absolute atomic E-state index is 4.28. The Morgan fingerprint density at radius 2 is 1.91 bits per heavy atom. The van der Waals surface area contributed by atoms with E-state index in [-0.39, 0.29) is 0 Å². The van der Waals surface area contributed by atoms with Crippen LogP contribution in [0.25, 0.3) is 32.9 Å². The molecule has 2 aromatic heterocycles. The molecule has 0 spiro atoms. The van der Waals surface area contributed by atoms with Crippen LogP contribution in [0.1, 0.15) is 6.92 Å². The van der Waals surface area contributed by atoms with E-state index < -0.39 is 0 Å². The Hall–Kier alpha value is -2.87. The first-order chi connectivity index (χ1) is 11.4. The van der Waals surface area contributed by atoms with E-state index in [1.54, 1.807) is 0 Å².